The van der Waals surface area contributed by atoms with Gasteiger partial charge in [-0.1, -0.05) is 17.7 Å². The Kier molecular flexibility index (Phi) is 3.91. The average molecular weight is 312 g/mol. The van der Waals surface area contributed by atoms with Crippen LogP contribution in [0, 0.1) is 0 Å². The third-order valence-electron chi connectivity index (χ3n) is 2.41. The lowest BCUT2D eigenvalue weighted by Crippen LogP contribution is -2.15. The molecule has 2 aromatic rings. The number of rotatable bonds is 4. The minimum Gasteiger partial charge on any atom is -0.366 e. The van der Waals surface area contributed by atoms with Crippen LogP contribution in [0.4, 0.5) is 5.69 Å². The lowest BCUT2D eigenvalue weighted by molar-refractivity contribution is 0.100. The summed E-state index contributed by atoms with van der Waals surface area (Å²) >= 11 is 5.75. The Bertz CT molecular complexity index is 762. The SMILES string of the molecule is NC(=O)c1cccc(NS(=O)(=O)c2cccnc2Cl)c1. The van der Waals surface area contributed by atoms with Crippen molar-refractivity contribution in [2.24, 2.45) is 5.73 Å². The fourth-order valence-electron chi connectivity index (χ4n) is 1.52. The Morgan fingerprint density at radius 3 is 2.65 bits per heavy atom. The van der Waals surface area contributed by atoms with Gasteiger partial charge < -0.3 is 5.73 Å². The van der Waals surface area contributed by atoms with E-state index in [9.17, 15) is 13.2 Å². The molecule has 8 heteroatoms. The molecule has 0 spiro atoms. The van der Waals surface area contributed by atoms with E-state index in [1.54, 1.807) is 0 Å². The molecule has 1 aromatic carbocycles. The minimum atomic E-state index is -3.88. The van der Waals surface area contributed by atoms with Crippen LogP contribution in [0.5, 0.6) is 0 Å². The maximum atomic E-state index is 12.2. The van der Waals surface area contributed by atoms with Gasteiger partial charge in [0.15, 0.2) is 0 Å². The van der Waals surface area contributed by atoms with E-state index in [4.69, 9.17) is 17.3 Å². The van der Waals surface area contributed by atoms with Gasteiger partial charge in [-0.25, -0.2) is 13.4 Å². The Morgan fingerprint density at radius 2 is 2.00 bits per heavy atom. The van der Waals surface area contributed by atoms with Gasteiger partial charge in [0.05, 0.1) is 0 Å². The first-order chi connectivity index (χ1) is 9.40. The van der Waals surface area contributed by atoms with Crippen LogP contribution < -0.4 is 10.5 Å². The first-order valence-electron chi connectivity index (χ1n) is 5.43. The summed E-state index contributed by atoms with van der Waals surface area (Å²) in [5.74, 6) is -0.648. The molecule has 6 nitrogen and oxygen atoms in total. The molecule has 0 unspecified atom stereocenters. The molecule has 0 saturated carbocycles. The van der Waals surface area contributed by atoms with Crippen LogP contribution in [0.25, 0.3) is 0 Å². The summed E-state index contributed by atoms with van der Waals surface area (Å²) < 4.78 is 26.6. The van der Waals surface area contributed by atoms with Gasteiger partial charge in [0, 0.05) is 17.4 Å². The second kappa shape index (κ2) is 5.48. The third-order valence-corrected chi connectivity index (χ3v) is 4.24. The van der Waals surface area contributed by atoms with Crippen molar-refractivity contribution in [2.75, 3.05) is 4.72 Å². The van der Waals surface area contributed by atoms with E-state index in [2.05, 4.69) is 9.71 Å². The predicted octanol–water partition coefficient (Wildman–Crippen LogP) is 1.63. The van der Waals surface area contributed by atoms with Crippen LogP contribution in [0.1, 0.15) is 10.4 Å². The summed E-state index contributed by atoms with van der Waals surface area (Å²) in [4.78, 5) is 14.6. The number of halogens is 1. The number of hydrogen-bond acceptors (Lipinski definition) is 4. The lowest BCUT2D eigenvalue weighted by Gasteiger charge is -2.09. The van der Waals surface area contributed by atoms with Gasteiger partial charge in [0.1, 0.15) is 10.0 Å². The van der Waals surface area contributed by atoms with Crippen molar-refractivity contribution in [3.05, 3.63) is 53.3 Å². The number of aromatic nitrogens is 1. The topological polar surface area (TPSA) is 102 Å². The van der Waals surface area contributed by atoms with Crippen molar-refractivity contribution in [3.63, 3.8) is 0 Å². The van der Waals surface area contributed by atoms with Crippen molar-refractivity contribution in [1.29, 1.82) is 0 Å². The standard InChI is InChI=1S/C12H10ClN3O3S/c13-11-10(5-2-6-15-11)20(18,19)16-9-4-1-3-8(7-9)12(14)17/h1-7,16H,(H2,14,17). The first-order valence-corrected chi connectivity index (χ1v) is 7.29. The molecular weight excluding hydrogens is 302 g/mol. The lowest BCUT2D eigenvalue weighted by atomic mass is 10.2. The number of carbonyl (C=O) groups excluding carboxylic acids is 1. The van der Waals surface area contributed by atoms with Gasteiger partial charge in [-0.2, -0.15) is 0 Å². The van der Waals surface area contributed by atoms with Gasteiger partial charge in [-0.05, 0) is 30.3 Å². The molecule has 1 aromatic heterocycles. The third kappa shape index (κ3) is 3.06. The molecular formula is C12H10ClN3O3S. The summed E-state index contributed by atoms with van der Waals surface area (Å²) in [6.45, 7) is 0. The number of primary amides is 1. The molecule has 20 heavy (non-hydrogen) atoms. The maximum Gasteiger partial charge on any atom is 0.264 e. The number of amides is 1. The number of pyridine rings is 1. The predicted molar refractivity (Wildman–Crippen MR) is 75.0 cm³/mol. The van der Waals surface area contributed by atoms with Crippen molar-refractivity contribution < 1.29 is 13.2 Å². The zero-order chi connectivity index (χ0) is 14.8. The number of nitrogens with zero attached hydrogens (tertiary/aromatic N) is 1. The van der Waals surface area contributed by atoms with Crippen LogP contribution in [-0.4, -0.2) is 19.3 Å². The van der Waals surface area contributed by atoms with Crippen LogP contribution in [-0.2, 0) is 10.0 Å². The largest absolute Gasteiger partial charge is 0.366 e. The van der Waals surface area contributed by atoms with Gasteiger partial charge in [-0.3, -0.25) is 9.52 Å². The smallest absolute Gasteiger partial charge is 0.264 e. The fraction of sp³-hybridized carbons (Fsp3) is 0. The van der Waals surface area contributed by atoms with Gasteiger partial charge in [0.2, 0.25) is 5.91 Å². The highest BCUT2D eigenvalue weighted by Gasteiger charge is 2.18. The second-order valence-corrected chi connectivity index (χ2v) is 5.85. The zero-order valence-electron chi connectivity index (χ0n) is 10.1. The summed E-state index contributed by atoms with van der Waals surface area (Å²) in [6, 6.07) is 8.62. The van der Waals surface area contributed by atoms with Crippen LogP contribution in [0.3, 0.4) is 0 Å². The highest BCUT2D eigenvalue weighted by Crippen LogP contribution is 2.21. The van der Waals surface area contributed by atoms with E-state index in [1.807, 2.05) is 0 Å². The minimum absolute atomic E-state index is 0.133. The molecule has 0 fully saturated rings. The quantitative estimate of drug-likeness (QED) is 0.838. The van der Waals surface area contributed by atoms with Crippen LogP contribution in [0.2, 0.25) is 5.15 Å². The van der Waals surface area contributed by atoms with Crippen molar-refractivity contribution in [1.82, 2.24) is 4.98 Å². The van der Waals surface area contributed by atoms with Crippen molar-refractivity contribution in [3.8, 4) is 0 Å². The monoisotopic (exact) mass is 311 g/mol. The number of carbonyl (C=O) groups is 1. The summed E-state index contributed by atoms with van der Waals surface area (Å²) in [7, 11) is -3.88. The molecule has 0 aliphatic carbocycles. The van der Waals surface area contributed by atoms with Crippen molar-refractivity contribution in [2.45, 2.75) is 4.90 Å². The van der Waals surface area contributed by atoms with Gasteiger partial charge in [-0.15, -0.1) is 0 Å². The maximum absolute atomic E-state index is 12.2. The molecule has 3 N–H and O–H groups in total. The Hall–Kier alpha value is -2.12. The Labute approximate surface area is 120 Å². The molecule has 0 atom stereocenters. The number of sulfonamides is 1. The van der Waals surface area contributed by atoms with E-state index in [0.717, 1.165) is 0 Å². The number of nitrogens with one attached hydrogen (secondary N) is 1. The van der Waals surface area contributed by atoms with E-state index in [1.165, 1.54) is 42.6 Å². The van der Waals surface area contributed by atoms with Crippen molar-refractivity contribution >= 4 is 33.2 Å². The zero-order valence-corrected chi connectivity index (χ0v) is 11.6. The van der Waals surface area contributed by atoms with Gasteiger partial charge >= 0.3 is 0 Å². The molecule has 1 amide bonds. The van der Waals surface area contributed by atoms with Crippen LogP contribution >= 0.6 is 11.6 Å². The Morgan fingerprint density at radius 1 is 1.25 bits per heavy atom. The highest BCUT2D eigenvalue weighted by atomic mass is 35.5. The van der Waals surface area contributed by atoms with E-state index >= 15 is 0 Å². The first kappa shape index (κ1) is 14.3. The normalized spacial score (nSPS) is 11.1. The molecule has 0 bridgehead atoms. The second-order valence-electron chi connectivity index (χ2n) is 3.84. The number of benzene rings is 1. The molecule has 0 saturated heterocycles. The molecule has 0 aliphatic heterocycles. The summed E-state index contributed by atoms with van der Waals surface area (Å²) in [5, 5.41) is -0.133. The highest BCUT2D eigenvalue weighted by molar-refractivity contribution is 7.92. The molecule has 104 valence electrons. The molecule has 2 rings (SSSR count). The Balaban J connectivity index is 2.36. The summed E-state index contributed by atoms with van der Waals surface area (Å²) in [6.07, 6.45) is 1.38. The molecule has 0 radical (unpaired) electrons. The molecule has 1 heterocycles. The van der Waals surface area contributed by atoms with Gasteiger partial charge in [0.25, 0.3) is 10.0 Å². The van der Waals surface area contributed by atoms with E-state index in [-0.39, 0.29) is 21.3 Å². The number of nitrogens with two attached hydrogens (primary N) is 1. The molecule has 0 aliphatic rings. The average Bonchev–Trinajstić information content (AvgIpc) is 2.38. The number of anilines is 1. The summed E-state index contributed by atoms with van der Waals surface area (Å²) in [5.41, 5.74) is 5.54. The van der Waals surface area contributed by atoms with E-state index in [0.29, 0.717) is 0 Å². The number of hydrogen-bond donors (Lipinski definition) is 2. The fourth-order valence-corrected chi connectivity index (χ4v) is 3.02. The van der Waals surface area contributed by atoms with E-state index < -0.39 is 15.9 Å². The van der Waals surface area contributed by atoms with Crippen LogP contribution in [0.15, 0.2) is 47.5 Å².